The number of benzene rings is 2. The highest BCUT2D eigenvalue weighted by Crippen LogP contribution is 2.19. The number of non-ortho nitro benzene ring substituents is 1. The van der Waals surface area contributed by atoms with Crippen molar-refractivity contribution in [3.63, 3.8) is 0 Å². The molecule has 0 unspecified atom stereocenters. The van der Waals surface area contributed by atoms with Gasteiger partial charge in [-0.05, 0) is 17.7 Å². The lowest BCUT2D eigenvalue weighted by Crippen LogP contribution is -1.99. The predicted octanol–water partition coefficient (Wildman–Crippen LogP) is 3.35. The zero-order valence-electron chi connectivity index (χ0n) is 10.4. The first-order valence-corrected chi connectivity index (χ1v) is 6.03. The van der Waals surface area contributed by atoms with Crippen LogP contribution in [-0.2, 0) is 6.54 Å². The van der Waals surface area contributed by atoms with Crippen LogP contribution >= 0.6 is 0 Å². The standard InChI is InChI=1S/C14H11N3O3/c18-17(19)12-4-1-10(2-5-12)8-15-11-3-6-13-14(7-11)20-9-16-13/h1-7,9,15H,8H2. The highest BCUT2D eigenvalue weighted by Gasteiger charge is 2.04. The van der Waals surface area contributed by atoms with Gasteiger partial charge in [-0.15, -0.1) is 0 Å². The van der Waals surface area contributed by atoms with Gasteiger partial charge in [0.05, 0.1) is 4.92 Å². The third kappa shape index (κ3) is 2.44. The first kappa shape index (κ1) is 12.2. The Balaban J connectivity index is 1.70. The summed E-state index contributed by atoms with van der Waals surface area (Å²) in [5.41, 5.74) is 3.50. The maximum Gasteiger partial charge on any atom is 0.269 e. The second-order valence-electron chi connectivity index (χ2n) is 4.31. The molecular weight excluding hydrogens is 258 g/mol. The van der Waals surface area contributed by atoms with E-state index in [2.05, 4.69) is 10.3 Å². The van der Waals surface area contributed by atoms with Crippen LogP contribution < -0.4 is 5.32 Å². The van der Waals surface area contributed by atoms with Crippen molar-refractivity contribution >= 4 is 22.5 Å². The van der Waals surface area contributed by atoms with Crippen LogP contribution in [0.5, 0.6) is 0 Å². The number of rotatable bonds is 4. The van der Waals surface area contributed by atoms with Crippen molar-refractivity contribution in [2.24, 2.45) is 0 Å². The molecule has 3 rings (SSSR count). The summed E-state index contributed by atoms with van der Waals surface area (Å²) in [5.74, 6) is 0. The highest BCUT2D eigenvalue weighted by molar-refractivity contribution is 5.76. The van der Waals surface area contributed by atoms with E-state index in [-0.39, 0.29) is 5.69 Å². The van der Waals surface area contributed by atoms with Crippen molar-refractivity contribution < 1.29 is 9.34 Å². The van der Waals surface area contributed by atoms with Crippen molar-refractivity contribution in [3.05, 3.63) is 64.5 Å². The molecule has 0 amide bonds. The fourth-order valence-electron chi connectivity index (χ4n) is 1.90. The first-order chi connectivity index (χ1) is 9.72. The quantitative estimate of drug-likeness (QED) is 0.580. The number of nitrogens with zero attached hydrogens (tertiary/aromatic N) is 2. The van der Waals surface area contributed by atoms with E-state index < -0.39 is 4.92 Å². The van der Waals surface area contributed by atoms with E-state index >= 15 is 0 Å². The average molecular weight is 269 g/mol. The number of anilines is 1. The van der Waals surface area contributed by atoms with Gasteiger partial charge in [-0.3, -0.25) is 10.1 Å². The number of oxazole rings is 1. The highest BCUT2D eigenvalue weighted by atomic mass is 16.6. The van der Waals surface area contributed by atoms with Gasteiger partial charge in [0, 0.05) is 30.4 Å². The second-order valence-corrected chi connectivity index (χ2v) is 4.31. The van der Waals surface area contributed by atoms with Gasteiger partial charge in [0.2, 0.25) is 0 Å². The van der Waals surface area contributed by atoms with Gasteiger partial charge >= 0.3 is 0 Å². The fraction of sp³-hybridized carbons (Fsp3) is 0.0714. The molecule has 6 heteroatoms. The number of fused-ring (bicyclic) bond motifs is 1. The molecule has 0 aliphatic carbocycles. The lowest BCUT2D eigenvalue weighted by atomic mass is 10.2. The monoisotopic (exact) mass is 269 g/mol. The van der Waals surface area contributed by atoms with Gasteiger partial charge < -0.3 is 9.73 Å². The van der Waals surface area contributed by atoms with Gasteiger partial charge in [-0.25, -0.2) is 4.98 Å². The molecule has 1 heterocycles. The Labute approximate surface area is 114 Å². The van der Waals surface area contributed by atoms with Gasteiger partial charge in [0.25, 0.3) is 5.69 Å². The van der Waals surface area contributed by atoms with Crippen molar-refractivity contribution in [3.8, 4) is 0 Å². The molecule has 1 N–H and O–H groups in total. The van der Waals surface area contributed by atoms with Crippen LogP contribution in [0.15, 0.2) is 53.3 Å². The van der Waals surface area contributed by atoms with E-state index in [1.165, 1.54) is 18.5 Å². The van der Waals surface area contributed by atoms with Crippen LogP contribution in [0.25, 0.3) is 11.1 Å². The van der Waals surface area contributed by atoms with Gasteiger partial charge in [-0.1, -0.05) is 12.1 Å². The summed E-state index contributed by atoms with van der Waals surface area (Å²) in [6.07, 6.45) is 1.41. The zero-order chi connectivity index (χ0) is 13.9. The summed E-state index contributed by atoms with van der Waals surface area (Å²) in [4.78, 5) is 14.2. The molecule has 6 nitrogen and oxygen atoms in total. The van der Waals surface area contributed by atoms with Crippen molar-refractivity contribution in [1.82, 2.24) is 4.98 Å². The molecule has 1 aromatic heterocycles. The van der Waals surface area contributed by atoms with Crippen LogP contribution in [0, 0.1) is 10.1 Å². The minimum absolute atomic E-state index is 0.0943. The normalized spacial score (nSPS) is 10.6. The minimum Gasteiger partial charge on any atom is -0.443 e. The molecule has 0 aliphatic heterocycles. The number of nitrogens with one attached hydrogen (secondary N) is 1. The number of hydrogen-bond acceptors (Lipinski definition) is 5. The summed E-state index contributed by atoms with van der Waals surface area (Å²) < 4.78 is 5.23. The van der Waals surface area contributed by atoms with Crippen LogP contribution in [0.4, 0.5) is 11.4 Å². The molecule has 0 saturated heterocycles. The predicted molar refractivity (Wildman–Crippen MR) is 74.4 cm³/mol. The zero-order valence-corrected chi connectivity index (χ0v) is 10.4. The molecule has 0 bridgehead atoms. The molecule has 0 radical (unpaired) electrons. The Morgan fingerprint density at radius 1 is 1.20 bits per heavy atom. The van der Waals surface area contributed by atoms with E-state index in [0.717, 1.165) is 22.4 Å². The van der Waals surface area contributed by atoms with Crippen molar-refractivity contribution in [1.29, 1.82) is 0 Å². The van der Waals surface area contributed by atoms with Crippen LogP contribution in [0.3, 0.4) is 0 Å². The number of hydrogen-bond donors (Lipinski definition) is 1. The molecule has 0 fully saturated rings. The minimum atomic E-state index is -0.408. The van der Waals surface area contributed by atoms with E-state index in [1.807, 2.05) is 18.2 Å². The molecule has 0 saturated carbocycles. The summed E-state index contributed by atoms with van der Waals surface area (Å²) in [6.45, 7) is 0.581. The van der Waals surface area contributed by atoms with E-state index in [4.69, 9.17) is 4.42 Å². The maximum absolute atomic E-state index is 10.6. The summed E-state index contributed by atoms with van der Waals surface area (Å²) in [7, 11) is 0. The van der Waals surface area contributed by atoms with E-state index in [1.54, 1.807) is 12.1 Å². The van der Waals surface area contributed by atoms with Crippen LogP contribution in [0.1, 0.15) is 5.56 Å². The van der Waals surface area contributed by atoms with E-state index in [0.29, 0.717) is 6.54 Å². The van der Waals surface area contributed by atoms with Gasteiger partial charge in [0.1, 0.15) is 5.52 Å². The summed E-state index contributed by atoms with van der Waals surface area (Å²) >= 11 is 0. The smallest absolute Gasteiger partial charge is 0.269 e. The van der Waals surface area contributed by atoms with Crippen molar-refractivity contribution in [2.75, 3.05) is 5.32 Å². The Kier molecular flexibility index (Phi) is 3.04. The largest absolute Gasteiger partial charge is 0.443 e. The van der Waals surface area contributed by atoms with Crippen LogP contribution in [-0.4, -0.2) is 9.91 Å². The summed E-state index contributed by atoms with van der Waals surface area (Å²) in [5, 5.41) is 13.8. The lowest BCUT2D eigenvalue weighted by molar-refractivity contribution is -0.384. The Morgan fingerprint density at radius 3 is 2.75 bits per heavy atom. The number of aromatic nitrogens is 1. The molecular formula is C14H11N3O3. The molecule has 0 aliphatic rings. The molecule has 0 atom stereocenters. The molecule has 3 aromatic rings. The summed E-state index contributed by atoms with van der Waals surface area (Å²) in [6, 6.07) is 12.1. The molecule has 100 valence electrons. The molecule has 20 heavy (non-hydrogen) atoms. The Bertz CT molecular complexity index is 750. The van der Waals surface area contributed by atoms with Crippen molar-refractivity contribution in [2.45, 2.75) is 6.54 Å². The Hall–Kier alpha value is -2.89. The maximum atomic E-state index is 10.6. The fourth-order valence-corrected chi connectivity index (χ4v) is 1.90. The average Bonchev–Trinajstić information content (AvgIpc) is 2.93. The molecule has 0 spiro atoms. The molecule has 2 aromatic carbocycles. The van der Waals surface area contributed by atoms with Gasteiger partial charge in [0.15, 0.2) is 12.0 Å². The SMILES string of the molecule is O=[N+]([O-])c1ccc(CNc2ccc3ncoc3c2)cc1. The topological polar surface area (TPSA) is 81.2 Å². The van der Waals surface area contributed by atoms with Crippen LogP contribution in [0.2, 0.25) is 0 Å². The number of nitro groups is 1. The Morgan fingerprint density at radius 2 is 2.00 bits per heavy atom. The third-order valence-electron chi connectivity index (χ3n) is 2.98. The second kappa shape index (κ2) is 5.00. The lowest BCUT2D eigenvalue weighted by Gasteiger charge is -2.06. The number of nitro benzene ring substituents is 1. The third-order valence-corrected chi connectivity index (χ3v) is 2.98. The van der Waals surface area contributed by atoms with Gasteiger partial charge in [-0.2, -0.15) is 0 Å². The van der Waals surface area contributed by atoms with E-state index in [9.17, 15) is 10.1 Å². The first-order valence-electron chi connectivity index (χ1n) is 6.03.